The van der Waals surface area contributed by atoms with E-state index < -0.39 is 0 Å². The third-order valence-corrected chi connectivity index (χ3v) is 3.48. The van der Waals surface area contributed by atoms with E-state index in [1.54, 1.807) is 11.7 Å². The Labute approximate surface area is 94.6 Å². The van der Waals surface area contributed by atoms with Gasteiger partial charge in [-0.1, -0.05) is 6.42 Å². The van der Waals surface area contributed by atoms with Gasteiger partial charge in [0.15, 0.2) is 5.69 Å². The van der Waals surface area contributed by atoms with Gasteiger partial charge in [0.1, 0.15) is 0 Å². The summed E-state index contributed by atoms with van der Waals surface area (Å²) in [5.41, 5.74) is 7.13. The van der Waals surface area contributed by atoms with Crippen molar-refractivity contribution in [2.45, 2.75) is 24.7 Å². The van der Waals surface area contributed by atoms with Crippen LogP contribution in [0.2, 0.25) is 0 Å². The van der Waals surface area contributed by atoms with Crippen molar-refractivity contribution < 1.29 is 9.53 Å². The summed E-state index contributed by atoms with van der Waals surface area (Å²) in [6.07, 6.45) is 5.10. The van der Waals surface area contributed by atoms with Gasteiger partial charge in [0.05, 0.1) is 7.11 Å². The monoisotopic (exact) mass is 223 g/mol. The lowest BCUT2D eigenvalue weighted by atomic mass is 9.64. The van der Waals surface area contributed by atoms with Crippen LogP contribution in [0.15, 0.2) is 6.20 Å². The van der Waals surface area contributed by atoms with Gasteiger partial charge in [-0.2, -0.15) is 5.10 Å². The quantitative estimate of drug-likeness (QED) is 0.761. The smallest absolute Gasteiger partial charge is 0.358 e. The molecule has 1 aromatic rings. The van der Waals surface area contributed by atoms with Crippen molar-refractivity contribution in [2.24, 2.45) is 12.8 Å². The molecule has 1 aliphatic carbocycles. The van der Waals surface area contributed by atoms with Gasteiger partial charge < -0.3 is 10.5 Å². The molecule has 0 saturated heterocycles. The minimum absolute atomic E-state index is 0.0578. The van der Waals surface area contributed by atoms with Crippen molar-refractivity contribution >= 4 is 5.97 Å². The van der Waals surface area contributed by atoms with Crippen LogP contribution in [-0.2, 0) is 17.2 Å². The number of esters is 1. The zero-order valence-electron chi connectivity index (χ0n) is 9.69. The van der Waals surface area contributed by atoms with Crippen LogP contribution in [0.4, 0.5) is 0 Å². The van der Waals surface area contributed by atoms with Gasteiger partial charge >= 0.3 is 5.97 Å². The predicted molar refractivity (Wildman–Crippen MR) is 59.1 cm³/mol. The van der Waals surface area contributed by atoms with Crippen molar-refractivity contribution in [3.8, 4) is 0 Å². The summed E-state index contributed by atoms with van der Waals surface area (Å²) >= 11 is 0. The molecule has 1 heterocycles. The van der Waals surface area contributed by atoms with E-state index in [1.807, 2.05) is 6.20 Å². The van der Waals surface area contributed by atoms with Crippen LogP contribution in [0, 0.1) is 0 Å². The molecule has 1 aliphatic rings. The minimum Gasteiger partial charge on any atom is -0.464 e. The number of aryl methyl sites for hydroxylation is 1. The summed E-state index contributed by atoms with van der Waals surface area (Å²) in [6, 6.07) is 0. The Morgan fingerprint density at radius 1 is 1.69 bits per heavy atom. The van der Waals surface area contributed by atoms with Crippen LogP contribution >= 0.6 is 0 Å². The summed E-state index contributed by atoms with van der Waals surface area (Å²) < 4.78 is 6.39. The molecule has 0 aromatic carbocycles. The molecule has 0 amide bonds. The number of nitrogens with zero attached hydrogens (tertiary/aromatic N) is 2. The number of carbonyl (C=O) groups is 1. The Balaban J connectivity index is 2.43. The van der Waals surface area contributed by atoms with E-state index in [0.29, 0.717) is 12.2 Å². The first-order chi connectivity index (χ1) is 7.63. The predicted octanol–water partition coefficient (Wildman–Crippen LogP) is 0.587. The van der Waals surface area contributed by atoms with Gasteiger partial charge in [-0.15, -0.1) is 0 Å². The average Bonchev–Trinajstić information content (AvgIpc) is 2.59. The lowest BCUT2D eigenvalue weighted by Crippen LogP contribution is -2.42. The molecule has 16 heavy (non-hydrogen) atoms. The normalized spacial score (nSPS) is 17.9. The van der Waals surface area contributed by atoms with Crippen LogP contribution in [0.3, 0.4) is 0 Å². The number of nitrogens with two attached hydrogens (primary N) is 1. The standard InChI is InChI=1S/C11H17N3O2/c1-14-6-8(9(13-14)10(15)16-2)11(7-12)4-3-5-11/h6H,3-5,7,12H2,1-2H3. The fourth-order valence-electron chi connectivity index (χ4n) is 2.31. The molecule has 2 rings (SSSR count). The lowest BCUT2D eigenvalue weighted by molar-refractivity contribution is 0.0587. The third-order valence-electron chi connectivity index (χ3n) is 3.48. The largest absolute Gasteiger partial charge is 0.464 e. The topological polar surface area (TPSA) is 70.1 Å². The second-order valence-corrected chi connectivity index (χ2v) is 4.39. The fourth-order valence-corrected chi connectivity index (χ4v) is 2.31. The maximum absolute atomic E-state index is 11.6. The lowest BCUT2D eigenvalue weighted by Gasteiger charge is -2.40. The Kier molecular flexibility index (Phi) is 2.71. The zero-order valence-corrected chi connectivity index (χ0v) is 9.69. The summed E-state index contributed by atoms with van der Waals surface area (Å²) in [7, 11) is 3.18. The van der Waals surface area contributed by atoms with E-state index in [0.717, 1.165) is 24.8 Å². The highest BCUT2D eigenvalue weighted by Gasteiger charge is 2.41. The minimum atomic E-state index is -0.379. The number of ether oxygens (including phenoxy) is 1. The second kappa shape index (κ2) is 3.90. The molecule has 0 spiro atoms. The highest BCUT2D eigenvalue weighted by molar-refractivity contribution is 5.89. The number of rotatable bonds is 3. The van der Waals surface area contributed by atoms with Crippen molar-refractivity contribution in [3.05, 3.63) is 17.5 Å². The van der Waals surface area contributed by atoms with Crippen molar-refractivity contribution in [3.63, 3.8) is 0 Å². The summed E-state index contributed by atoms with van der Waals surface area (Å²) in [4.78, 5) is 11.6. The highest BCUT2D eigenvalue weighted by atomic mass is 16.5. The van der Waals surface area contributed by atoms with E-state index in [-0.39, 0.29) is 11.4 Å². The molecule has 0 atom stereocenters. The van der Waals surface area contributed by atoms with Crippen LogP contribution < -0.4 is 5.73 Å². The molecule has 0 unspecified atom stereocenters. The van der Waals surface area contributed by atoms with E-state index in [2.05, 4.69) is 5.10 Å². The molecule has 1 saturated carbocycles. The number of hydrogen-bond acceptors (Lipinski definition) is 4. The molecule has 5 nitrogen and oxygen atoms in total. The van der Waals surface area contributed by atoms with Crippen molar-refractivity contribution in [1.82, 2.24) is 9.78 Å². The molecular formula is C11H17N3O2. The fraction of sp³-hybridized carbons (Fsp3) is 0.636. The molecule has 0 radical (unpaired) electrons. The van der Waals surface area contributed by atoms with Gasteiger partial charge in [0, 0.05) is 30.8 Å². The number of hydrogen-bond donors (Lipinski definition) is 1. The number of methoxy groups -OCH3 is 1. The number of carbonyl (C=O) groups excluding carboxylic acids is 1. The Bertz CT molecular complexity index is 402. The van der Waals surface area contributed by atoms with E-state index in [4.69, 9.17) is 10.5 Å². The Morgan fingerprint density at radius 2 is 2.38 bits per heavy atom. The van der Waals surface area contributed by atoms with Crippen molar-refractivity contribution in [1.29, 1.82) is 0 Å². The zero-order chi connectivity index (χ0) is 11.8. The molecule has 1 aromatic heterocycles. The van der Waals surface area contributed by atoms with Gasteiger partial charge in [-0.05, 0) is 12.8 Å². The molecule has 0 bridgehead atoms. The number of aromatic nitrogens is 2. The summed E-state index contributed by atoms with van der Waals surface area (Å²) in [5, 5.41) is 4.16. The SMILES string of the molecule is COC(=O)c1nn(C)cc1C1(CN)CCC1. The molecule has 88 valence electrons. The van der Waals surface area contributed by atoms with Crippen LogP contribution in [0.5, 0.6) is 0 Å². The molecule has 2 N–H and O–H groups in total. The molecule has 1 fully saturated rings. The van der Waals surface area contributed by atoms with Crippen LogP contribution in [0.1, 0.15) is 35.3 Å². The van der Waals surface area contributed by atoms with Gasteiger partial charge in [-0.3, -0.25) is 4.68 Å². The third kappa shape index (κ3) is 1.51. The molecule has 0 aliphatic heterocycles. The Hall–Kier alpha value is -1.36. The second-order valence-electron chi connectivity index (χ2n) is 4.39. The van der Waals surface area contributed by atoms with Crippen LogP contribution in [-0.4, -0.2) is 29.4 Å². The van der Waals surface area contributed by atoms with Crippen molar-refractivity contribution in [2.75, 3.05) is 13.7 Å². The maximum Gasteiger partial charge on any atom is 0.358 e. The van der Waals surface area contributed by atoms with E-state index in [9.17, 15) is 4.79 Å². The highest BCUT2D eigenvalue weighted by Crippen LogP contribution is 2.44. The van der Waals surface area contributed by atoms with E-state index in [1.165, 1.54) is 7.11 Å². The first kappa shape index (κ1) is 11.1. The first-order valence-electron chi connectivity index (χ1n) is 5.45. The first-order valence-corrected chi connectivity index (χ1v) is 5.45. The summed E-state index contributed by atoms with van der Waals surface area (Å²) in [6.45, 7) is 0.558. The van der Waals surface area contributed by atoms with E-state index >= 15 is 0 Å². The maximum atomic E-state index is 11.6. The molecular weight excluding hydrogens is 206 g/mol. The Morgan fingerprint density at radius 3 is 2.81 bits per heavy atom. The van der Waals surface area contributed by atoms with Crippen LogP contribution in [0.25, 0.3) is 0 Å². The van der Waals surface area contributed by atoms with Gasteiger partial charge in [-0.25, -0.2) is 4.79 Å². The molecule has 5 heteroatoms. The summed E-state index contributed by atoms with van der Waals surface area (Å²) in [5.74, 6) is -0.379. The van der Waals surface area contributed by atoms with Gasteiger partial charge in [0.2, 0.25) is 0 Å². The van der Waals surface area contributed by atoms with Gasteiger partial charge in [0.25, 0.3) is 0 Å². The average molecular weight is 223 g/mol.